The van der Waals surface area contributed by atoms with Gasteiger partial charge in [-0.15, -0.1) is 0 Å². The van der Waals surface area contributed by atoms with Crippen molar-refractivity contribution in [2.75, 3.05) is 0 Å². The highest BCUT2D eigenvalue weighted by Crippen LogP contribution is 2.14. The molecule has 0 saturated heterocycles. The molecule has 0 spiro atoms. The Morgan fingerprint density at radius 2 is 1.71 bits per heavy atom. The SMILES string of the molecule is O=C(O)C(Cc1ccccc1)S(=O)(=O)Cc1ncccn1. The lowest BCUT2D eigenvalue weighted by Crippen LogP contribution is -2.33. The third-order valence-corrected chi connectivity index (χ3v) is 4.82. The molecule has 0 aliphatic rings. The molecule has 0 fully saturated rings. The van der Waals surface area contributed by atoms with Crippen LogP contribution in [0, 0.1) is 0 Å². The van der Waals surface area contributed by atoms with Gasteiger partial charge < -0.3 is 5.11 Å². The van der Waals surface area contributed by atoms with Gasteiger partial charge in [-0.25, -0.2) is 18.4 Å². The van der Waals surface area contributed by atoms with E-state index in [0.29, 0.717) is 5.56 Å². The van der Waals surface area contributed by atoms with Crippen LogP contribution < -0.4 is 0 Å². The third-order valence-electron chi connectivity index (χ3n) is 2.92. The van der Waals surface area contributed by atoms with Gasteiger partial charge >= 0.3 is 5.97 Å². The van der Waals surface area contributed by atoms with E-state index in [1.165, 1.54) is 12.4 Å². The molecule has 1 N–H and O–H groups in total. The van der Waals surface area contributed by atoms with Crippen molar-refractivity contribution in [2.45, 2.75) is 17.4 Å². The van der Waals surface area contributed by atoms with E-state index in [0.717, 1.165) is 0 Å². The first-order chi connectivity index (χ1) is 9.99. The molecule has 7 heteroatoms. The Balaban J connectivity index is 2.23. The number of carbonyl (C=O) groups is 1. The highest BCUT2D eigenvalue weighted by atomic mass is 32.2. The topological polar surface area (TPSA) is 97.2 Å². The van der Waals surface area contributed by atoms with E-state index in [4.69, 9.17) is 0 Å². The highest BCUT2D eigenvalue weighted by molar-refractivity contribution is 7.92. The van der Waals surface area contributed by atoms with Crippen molar-refractivity contribution in [2.24, 2.45) is 0 Å². The second kappa shape index (κ2) is 6.45. The normalized spacial score (nSPS) is 12.8. The zero-order chi connectivity index (χ0) is 15.3. The molecule has 1 aromatic carbocycles. The molecular weight excluding hydrogens is 292 g/mol. The van der Waals surface area contributed by atoms with Gasteiger partial charge in [-0.1, -0.05) is 30.3 Å². The van der Waals surface area contributed by atoms with Gasteiger partial charge in [0.1, 0.15) is 11.6 Å². The predicted molar refractivity (Wildman–Crippen MR) is 76.2 cm³/mol. The molecule has 1 aromatic heterocycles. The van der Waals surface area contributed by atoms with Crippen molar-refractivity contribution in [1.29, 1.82) is 0 Å². The Morgan fingerprint density at radius 3 is 2.29 bits per heavy atom. The van der Waals surface area contributed by atoms with Crippen LogP contribution in [0.1, 0.15) is 11.4 Å². The first-order valence-electron chi connectivity index (χ1n) is 6.23. The lowest BCUT2D eigenvalue weighted by molar-refractivity contribution is -0.136. The maximum atomic E-state index is 12.3. The lowest BCUT2D eigenvalue weighted by Gasteiger charge is -2.13. The standard InChI is InChI=1S/C14H14N2O4S/c17-14(18)12(9-11-5-2-1-3-6-11)21(19,20)10-13-15-7-4-8-16-13/h1-8,12H,9-10H2,(H,17,18). The van der Waals surface area contributed by atoms with E-state index in [1.807, 2.05) is 0 Å². The van der Waals surface area contributed by atoms with Crippen LogP contribution in [-0.4, -0.2) is 34.7 Å². The van der Waals surface area contributed by atoms with Crippen molar-refractivity contribution in [3.8, 4) is 0 Å². The molecule has 6 nitrogen and oxygen atoms in total. The summed E-state index contributed by atoms with van der Waals surface area (Å²) in [5.41, 5.74) is 0.655. The van der Waals surface area contributed by atoms with Crippen molar-refractivity contribution in [1.82, 2.24) is 9.97 Å². The smallest absolute Gasteiger partial charge is 0.322 e. The molecule has 21 heavy (non-hydrogen) atoms. The van der Waals surface area contributed by atoms with E-state index in [-0.39, 0.29) is 12.2 Å². The zero-order valence-corrected chi connectivity index (χ0v) is 11.9. The fraction of sp³-hybridized carbons (Fsp3) is 0.214. The summed E-state index contributed by atoms with van der Waals surface area (Å²) in [5, 5.41) is 7.72. The number of hydrogen-bond acceptors (Lipinski definition) is 5. The van der Waals surface area contributed by atoms with Crippen molar-refractivity contribution < 1.29 is 18.3 Å². The Kier molecular flexibility index (Phi) is 4.64. The number of carboxylic acids is 1. The van der Waals surface area contributed by atoms with Crippen LogP contribution in [-0.2, 0) is 26.8 Å². The summed E-state index contributed by atoms with van der Waals surface area (Å²) in [4.78, 5) is 19.0. The van der Waals surface area contributed by atoms with E-state index < -0.39 is 26.8 Å². The summed E-state index contributed by atoms with van der Waals surface area (Å²) in [6, 6.07) is 10.2. The summed E-state index contributed by atoms with van der Waals surface area (Å²) < 4.78 is 24.6. The van der Waals surface area contributed by atoms with E-state index in [9.17, 15) is 18.3 Å². The van der Waals surface area contributed by atoms with Gasteiger partial charge in [0.15, 0.2) is 15.1 Å². The van der Waals surface area contributed by atoms with Gasteiger partial charge in [-0.05, 0) is 18.1 Å². The molecular formula is C14H14N2O4S. The quantitative estimate of drug-likeness (QED) is 0.858. The largest absolute Gasteiger partial charge is 0.480 e. The molecule has 0 radical (unpaired) electrons. The number of sulfone groups is 1. The van der Waals surface area contributed by atoms with Crippen molar-refractivity contribution in [3.05, 3.63) is 60.2 Å². The molecule has 110 valence electrons. The second-order valence-corrected chi connectivity index (χ2v) is 6.67. The maximum Gasteiger partial charge on any atom is 0.322 e. The monoisotopic (exact) mass is 306 g/mol. The predicted octanol–water partition coefficient (Wildman–Crippen LogP) is 1.09. The van der Waals surface area contributed by atoms with Crippen LogP contribution in [0.4, 0.5) is 0 Å². The molecule has 2 aromatic rings. The molecule has 1 atom stereocenters. The zero-order valence-electron chi connectivity index (χ0n) is 11.1. The van der Waals surface area contributed by atoms with Crippen molar-refractivity contribution in [3.63, 3.8) is 0 Å². The van der Waals surface area contributed by atoms with Gasteiger partial charge in [0.25, 0.3) is 0 Å². The van der Waals surface area contributed by atoms with Crippen LogP contribution in [0.5, 0.6) is 0 Å². The van der Waals surface area contributed by atoms with Gasteiger partial charge in [0.2, 0.25) is 0 Å². The van der Waals surface area contributed by atoms with Crippen LogP contribution in [0.15, 0.2) is 48.8 Å². The lowest BCUT2D eigenvalue weighted by atomic mass is 10.1. The number of carboxylic acid groups (broad SMARTS) is 1. The van der Waals surface area contributed by atoms with Gasteiger partial charge in [-0.3, -0.25) is 4.79 Å². The van der Waals surface area contributed by atoms with Crippen LogP contribution in [0.2, 0.25) is 0 Å². The highest BCUT2D eigenvalue weighted by Gasteiger charge is 2.33. The number of aliphatic carboxylic acids is 1. The van der Waals surface area contributed by atoms with Gasteiger partial charge in [-0.2, -0.15) is 0 Å². The molecule has 1 heterocycles. The number of benzene rings is 1. The summed E-state index contributed by atoms with van der Waals surface area (Å²) in [6.45, 7) is 0. The van der Waals surface area contributed by atoms with E-state index >= 15 is 0 Å². The summed E-state index contributed by atoms with van der Waals surface area (Å²) >= 11 is 0. The number of rotatable bonds is 6. The average molecular weight is 306 g/mol. The minimum atomic E-state index is -3.90. The van der Waals surface area contributed by atoms with Gasteiger partial charge in [0.05, 0.1) is 0 Å². The fourth-order valence-corrected chi connectivity index (χ4v) is 3.34. The third kappa shape index (κ3) is 4.09. The first-order valence-corrected chi connectivity index (χ1v) is 7.95. The van der Waals surface area contributed by atoms with Crippen molar-refractivity contribution >= 4 is 15.8 Å². The molecule has 2 rings (SSSR count). The second-order valence-electron chi connectivity index (χ2n) is 4.49. The summed E-state index contributed by atoms with van der Waals surface area (Å²) in [5.74, 6) is -1.76. The number of nitrogens with zero attached hydrogens (tertiary/aromatic N) is 2. The number of hydrogen-bond donors (Lipinski definition) is 1. The molecule has 0 amide bonds. The average Bonchev–Trinajstić information content (AvgIpc) is 2.46. The molecule has 0 saturated carbocycles. The van der Waals surface area contributed by atoms with Gasteiger partial charge in [0, 0.05) is 12.4 Å². The van der Waals surface area contributed by atoms with Crippen LogP contribution >= 0.6 is 0 Å². The minimum Gasteiger partial charge on any atom is -0.480 e. The summed E-state index contributed by atoms with van der Waals surface area (Å²) in [6.07, 6.45) is 2.76. The Labute approximate surface area is 122 Å². The molecule has 0 bridgehead atoms. The summed E-state index contributed by atoms with van der Waals surface area (Å²) in [7, 11) is -3.90. The van der Waals surface area contributed by atoms with E-state index in [1.54, 1.807) is 36.4 Å². The Bertz CT molecular complexity index is 702. The Hall–Kier alpha value is -2.28. The fourth-order valence-electron chi connectivity index (χ4n) is 1.88. The van der Waals surface area contributed by atoms with E-state index in [2.05, 4.69) is 9.97 Å². The maximum absolute atomic E-state index is 12.3. The minimum absolute atomic E-state index is 0.0780. The molecule has 0 aliphatic heterocycles. The first kappa shape index (κ1) is 15.1. The molecule has 1 unspecified atom stereocenters. The van der Waals surface area contributed by atoms with Crippen LogP contribution in [0.25, 0.3) is 0 Å². The number of aromatic nitrogens is 2. The Morgan fingerprint density at radius 1 is 1.10 bits per heavy atom. The molecule has 0 aliphatic carbocycles. The van der Waals surface area contributed by atoms with Crippen LogP contribution in [0.3, 0.4) is 0 Å².